The molecule has 1 aliphatic rings. The molecule has 1 aromatic carbocycles. The van der Waals surface area contributed by atoms with E-state index in [1.54, 1.807) is 24.3 Å². The van der Waals surface area contributed by atoms with Crippen LogP contribution in [-0.2, 0) is 14.8 Å². The highest BCUT2D eigenvalue weighted by atomic mass is 79.9. The molecule has 8 heteroatoms. The van der Waals surface area contributed by atoms with Crippen molar-refractivity contribution in [3.63, 3.8) is 0 Å². The predicted molar refractivity (Wildman–Crippen MR) is 76.9 cm³/mol. The van der Waals surface area contributed by atoms with Crippen LogP contribution in [0.3, 0.4) is 0 Å². The number of hydrogen-bond donors (Lipinski definition) is 0. The van der Waals surface area contributed by atoms with Gasteiger partial charge >= 0.3 is 6.09 Å². The largest absolute Gasteiger partial charge is 0.453 e. The van der Waals surface area contributed by atoms with Crippen molar-refractivity contribution >= 4 is 32.0 Å². The molecule has 0 radical (unpaired) electrons. The van der Waals surface area contributed by atoms with Gasteiger partial charge < -0.3 is 9.64 Å². The van der Waals surface area contributed by atoms with Crippen molar-refractivity contribution in [1.29, 1.82) is 0 Å². The normalized spacial score (nSPS) is 17.0. The summed E-state index contributed by atoms with van der Waals surface area (Å²) in [6, 6.07) is 6.70. The number of halogens is 1. The number of methoxy groups -OCH3 is 1. The van der Waals surface area contributed by atoms with Crippen LogP contribution in [0.4, 0.5) is 4.79 Å². The Hall–Kier alpha value is -1.12. The number of nitrogens with zero attached hydrogens (tertiary/aromatic N) is 2. The van der Waals surface area contributed by atoms with E-state index in [-0.39, 0.29) is 18.0 Å². The molecular formula is C12H15BrN2O4S. The van der Waals surface area contributed by atoms with Crippen LogP contribution in [0.5, 0.6) is 0 Å². The lowest BCUT2D eigenvalue weighted by molar-refractivity contribution is 0.108. The molecule has 1 aromatic rings. The minimum absolute atomic E-state index is 0.242. The number of sulfonamides is 1. The van der Waals surface area contributed by atoms with Gasteiger partial charge in [0.25, 0.3) is 0 Å². The van der Waals surface area contributed by atoms with E-state index in [0.717, 1.165) is 0 Å². The summed E-state index contributed by atoms with van der Waals surface area (Å²) < 4.78 is 31.6. The molecule has 20 heavy (non-hydrogen) atoms. The van der Waals surface area contributed by atoms with Gasteiger partial charge in [-0.2, -0.15) is 4.31 Å². The lowest BCUT2D eigenvalue weighted by Gasteiger charge is -2.33. The van der Waals surface area contributed by atoms with Gasteiger partial charge in [-0.05, 0) is 28.1 Å². The number of rotatable bonds is 2. The first-order valence-corrected chi connectivity index (χ1v) is 8.27. The fourth-order valence-electron chi connectivity index (χ4n) is 2.03. The molecule has 0 bridgehead atoms. The Labute approximate surface area is 126 Å². The predicted octanol–water partition coefficient (Wildman–Crippen LogP) is 1.52. The number of carbonyl (C=O) groups is 1. The van der Waals surface area contributed by atoms with Crippen molar-refractivity contribution < 1.29 is 17.9 Å². The summed E-state index contributed by atoms with van der Waals surface area (Å²) in [5.74, 6) is 0. The second-order valence-corrected chi connectivity index (χ2v) is 7.05. The van der Waals surface area contributed by atoms with Crippen LogP contribution in [0.15, 0.2) is 33.6 Å². The van der Waals surface area contributed by atoms with Gasteiger partial charge in [0.05, 0.1) is 12.0 Å². The van der Waals surface area contributed by atoms with Gasteiger partial charge in [0.1, 0.15) is 0 Å². The molecule has 6 nitrogen and oxygen atoms in total. The van der Waals surface area contributed by atoms with Crippen LogP contribution in [-0.4, -0.2) is 57.0 Å². The third-order valence-corrected chi connectivity index (χ3v) is 6.04. The van der Waals surface area contributed by atoms with Gasteiger partial charge in [-0.1, -0.05) is 12.1 Å². The third kappa shape index (κ3) is 2.97. The van der Waals surface area contributed by atoms with Crippen LogP contribution in [0.25, 0.3) is 0 Å². The molecule has 1 aliphatic heterocycles. The maximum Gasteiger partial charge on any atom is 0.409 e. The Morgan fingerprint density at radius 1 is 1.20 bits per heavy atom. The van der Waals surface area contributed by atoms with E-state index in [9.17, 15) is 13.2 Å². The van der Waals surface area contributed by atoms with Gasteiger partial charge in [0.15, 0.2) is 0 Å². The van der Waals surface area contributed by atoms with E-state index in [1.165, 1.54) is 16.3 Å². The second kappa shape index (κ2) is 6.11. The summed E-state index contributed by atoms with van der Waals surface area (Å²) in [7, 11) is -2.23. The molecule has 0 N–H and O–H groups in total. The highest BCUT2D eigenvalue weighted by Crippen LogP contribution is 2.25. The molecule has 0 aromatic heterocycles. The molecule has 1 heterocycles. The van der Waals surface area contributed by atoms with Crippen molar-refractivity contribution in [3.05, 3.63) is 28.7 Å². The number of benzene rings is 1. The van der Waals surface area contributed by atoms with E-state index < -0.39 is 16.1 Å². The van der Waals surface area contributed by atoms with Crippen molar-refractivity contribution in [1.82, 2.24) is 9.21 Å². The van der Waals surface area contributed by atoms with E-state index in [2.05, 4.69) is 20.7 Å². The minimum atomic E-state index is -3.54. The van der Waals surface area contributed by atoms with Crippen LogP contribution in [0.1, 0.15) is 0 Å². The van der Waals surface area contributed by atoms with Crippen LogP contribution in [0, 0.1) is 0 Å². The maximum absolute atomic E-state index is 12.5. The van der Waals surface area contributed by atoms with E-state index >= 15 is 0 Å². The molecule has 2 rings (SSSR count). The minimum Gasteiger partial charge on any atom is -0.453 e. The van der Waals surface area contributed by atoms with Crippen LogP contribution in [0.2, 0.25) is 0 Å². The smallest absolute Gasteiger partial charge is 0.409 e. The molecule has 0 aliphatic carbocycles. The maximum atomic E-state index is 12.5. The van der Waals surface area contributed by atoms with E-state index in [0.29, 0.717) is 17.6 Å². The number of ether oxygens (including phenoxy) is 1. The zero-order chi connectivity index (χ0) is 14.8. The van der Waals surface area contributed by atoms with Gasteiger partial charge in [0, 0.05) is 30.7 Å². The topological polar surface area (TPSA) is 66.9 Å². The lowest BCUT2D eigenvalue weighted by atomic mass is 10.4. The second-order valence-electron chi connectivity index (χ2n) is 4.29. The number of amides is 1. The Morgan fingerprint density at radius 3 is 2.35 bits per heavy atom. The van der Waals surface area contributed by atoms with E-state index in [1.807, 2.05) is 0 Å². The lowest BCUT2D eigenvalue weighted by Crippen LogP contribution is -2.50. The molecule has 1 saturated heterocycles. The number of carbonyl (C=O) groups excluding carboxylic acids is 1. The highest BCUT2D eigenvalue weighted by molar-refractivity contribution is 9.10. The van der Waals surface area contributed by atoms with Gasteiger partial charge in [-0.15, -0.1) is 0 Å². The summed E-state index contributed by atoms with van der Waals surface area (Å²) in [5.41, 5.74) is 0. The van der Waals surface area contributed by atoms with Crippen molar-refractivity contribution in [2.75, 3.05) is 33.3 Å². The molecule has 0 saturated carbocycles. The quantitative estimate of drug-likeness (QED) is 0.799. The standard InChI is InChI=1S/C12H15BrN2O4S/c1-19-12(16)14-6-8-15(9-7-14)20(17,18)11-5-3-2-4-10(11)13/h2-5H,6-9H2,1H3. The molecule has 0 spiro atoms. The van der Waals surface area contributed by atoms with Gasteiger partial charge in [-0.3, -0.25) is 0 Å². The first kappa shape index (κ1) is 15.3. The summed E-state index contributed by atoms with van der Waals surface area (Å²) in [4.78, 5) is 13.1. The third-order valence-electron chi connectivity index (χ3n) is 3.13. The van der Waals surface area contributed by atoms with Crippen molar-refractivity contribution in [2.45, 2.75) is 4.90 Å². The Balaban J connectivity index is 2.14. The molecule has 110 valence electrons. The summed E-state index contributed by atoms with van der Waals surface area (Å²) in [5, 5.41) is 0. The van der Waals surface area contributed by atoms with Crippen molar-refractivity contribution in [2.24, 2.45) is 0 Å². The summed E-state index contributed by atoms with van der Waals surface area (Å²) in [6.45, 7) is 1.18. The van der Waals surface area contributed by atoms with Crippen LogP contribution < -0.4 is 0 Å². The summed E-state index contributed by atoms with van der Waals surface area (Å²) in [6.07, 6.45) is -0.428. The average Bonchev–Trinajstić information content (AvgIpc) is 2.47. The Morgan fingerprint density at radius 2 is 1.80 bits per heavy atom. The Bertz CT molecular complexity index is 597. The first-order valence-electron chi connectivity index (χ1n) is 6.04. The van der Waals surface area contributed by atoms with Gasteiger partial charge in [-0.25, -0.2) is 13.2 Å². The number of hydrogen-bond acceptors (Lipinski definition) is 4. The average molecular weight is 363 g/mol. The molecule has 1 fully saturated rings. The fraction of sp³-hybridized carbons (Fsp3) is 0.417. The summed E-state index contributed by atoms with van der Waals surface area (Å²) >= 11 is 3.25. The van der Waals surface area contributed by atoms with Gasteiger partial charge in [0.2, 0.25) is 10.0 Å². The molecule has 1 amide bonds. The highest BCUT2D eigenvalue weighted by Gasteiger charge is 2.31. The molecular weight excluding hydrogens is 348 g/mol. The first-order chi connectivity index (χ1) is 9.46. The Kier molecular flexibility index (Phi) is 4.66. The molecule has 0 unspecified atom stereocenters. The zero-order valence-corrected chi connectivity index (χ0v) is 13.4. The van der Waals surface area contributed by atoms with Crippen LogP contribution >= 0.6 is 15.9 Å². The SMILES string of the molecule is COC(=O)N1CCN(S(=O)(=O)c2ccccc2Br)CC1. The van der Waals surface area contributed by atoms with E-state index in [4.69, 9.17) is 0 Å². The fourth-order valence-corrected chi connectivity index (χ4v) is 4.42. The molecule has 0 atom stereocenters. The van der Waals surface area contributed by atoms with Crippen molar-refractivity contribution in [3.8, 4) is 0 Å². The number of piperazine rings is 1. The zero-order valence-electron chi connectivity index (χ0n) is 11.0. The monoisotopic (exact) mass is 362 g/mol.